The van der Waals surface area contributed by atoms with Gasteiger partial charge < -0.3 is 15.3 Å². The maximum atomic E-state index is 15.8. The topological polar surface area (TPSA) is 107 Å². The highest BCUT2D eigenvalue weighted by Gasteiger charge is 2.30. The van der Waals surface area contributed by atoms with Gasteiger partial charge >= 0.3 is 0 Å². The van der Waals surface area contributed by atoms with Crippen LogP contribution in [0, 0.1) is 17.5 Å². The Morgan fingerprint density at radius 1 is 1.05 bits per heavy atom. The fourth-order valence-corrected chi connectivity index (χ4v) is 7.30. The van der Waals surface area contributed by atoms with Gasteiger partial charge in [0.1, 0.15) is 17.2 Å². The molecule has 2 heterocycles. The molecule has 1 fully saturated rings. The largest absolute Gasteiger partial charge is 0.388 e. The van der Waals surface area contributed by atoms with E-state index >= 15 is 13.2 Å². The minimum Gasteiger partial charge on any atom is -0.388 e. The monoisotopic (exact) mass is 617 g/mol. The molecule has 1 atom stereocenters. The van der Waals surface area contributed by atoms with Gasteiger partial charge in [0, 0.05) is 22.6 Å². The number of aliphatic hydroxyl groups is 1. The molecule has 1 saturated heterocycles. The van der Waals surface area contributed by atoms with Crippen molar-refractivity contribution < 1.29 is 26.7 Å². The number of fused-ring (bicyclic) bond motifs is 2. The Hall–Kier alpha value is -3.45. The molecule has 3 aromatic carbocycles. The number of aliphatic hydroxyl groups excluding tert-OH is 1. The average molecular weight is 618 g/mol. The van der Waals surface area contributed by atoms with Crippen LogP contribution < -0.4 is 10.0 Å². The van der Waals surface area contributed by atoms with Crippen LogP contribution in [-0.4, -0.2) is 54.6 Å². The zero-order valence-electron chi connectivity index (χ0n) is 22.5. The zero-order chi connectivity index (χ0) is 29.8. The molecule has 4 aromatic rings. The molecule has 2 aliphatic rings. The number of hydrogen-bond donors (Lipinski definition) is 3. The normalized spacial score (nSPS) is 17.9. The number of rotatable bonds is 6. The fourth-order valence-electron chi connectivity index (χ4n) is 5.62. The Labute approximate surface area is 245 Å². The molecule has 3 N–H and O–H groups in total. The number of anilines is 2. The average Bonchev–Trinajstić information content (AvgIpc) is 3.31. The lowest BCUT2D eigenvalue weighted by molar-refractivity contribution is 0.180. The van der Waals surface area contributed by atoms with E-state index in [2.05, 4.69) is 24.9 Å². The summed E-state index contributed by atoms with van der Waals surface area (Å²) in [5.41, 5.74) is -0.546. The van der Waals surface area contributed by atoms with Crippen molar-refractivity contribution in [3.05, 3.63) is 76.2 Å². The second-order valence-electron chi connectivity index (χ2n) is 10.7. The van der Waals surface area contributed by atoms with Gasteiger partial charge in [-0.25, -0.2) is 31.6 Å². The zero-order valence-corrected chi connectivity index (χ0v) is 24.0. The molecular weight excluding hydrogens is 591 g/mol. The molecular formula is C29H27ClF3N5O3S. The molecule has 0 spiro atoms. The Morgan fingerprint density at radius 3 is 2.57 bits per heavy atom. The number of likely N-dealkylation sites (tertiary alicyclic amines) is 1. The lowest BCUT2D eigenvalue weighted by Gasteiger charge is -2.29. The van der Waals surface area contributed by atoms with Crippen LogP contribution in [0.1, 0.15) is 36.5 Å². The van der Waals surface area contributed by atoms with E-state index in [9.17, 15) is 13.5 Å². The number of halogens is 4. The second kappa shape index (κ2) is 11.0. The number of piperidine rings is 1. The summed E-state index contributed by atoms with van der Waals surface area (Å²) in [6, 6.07) is 7.02. The minimum atomic E-state index is -4.39. The Morgan fingerprint density at radius 2 is 1.81 bits per heavy atom. The number of nitrogens with zero attached hydrogens (tertiary/aromatic N) is 3. The van der Waals surface area contributed by atoms with E-state index in [1.54, 1.807) is 0 Å². The van der Waals surface area contributed by atoms with Crippen LogP contribution in [0.15, 0.2) is 47.5 Å². The van der Waals surface area contributed by atoms with Crippen LogP contribution in [0.4, 0.5) is 24.8 Å². The summed E-state index contributed by atoms with van der Waals surface area (Å²) in [6.07, 6.45) is 2.90. The minimum absolute atomic E-state index is 0.0150. The van der Waals surface area contributed by atoms with Crippen molar-refractivity contribution >= 4 is 44.2 Å². The molecule has 0 saturated carbocycles. The summed E-state index contributed by atoms with van der Waals surface area (Å²) in [5.74, 6) is -2.79. The van der Waals surface area contributed by atoms with Gasteiger partial charge in [-0.05, 0) is 98.9 Å². The number of hydrogen-bond acceptors (Lipinski definition) is 7. The fraction of sp³-hybridized carbons (Fsp3) is 0.310. The number of nitrogens with one attached hydrogen (secondary N) is 2. The summed E-state index contributed by atoms with van der Waals surface area (Å²) in [4.78, 5) is 10.6. The standard InChI is InChI=1S/C29H27ClF3N5O3S/c1-38-8-6-18(7-9-38)35-29-34-14-16-10-15(11-22(32)28(16)36-29)26-21(31)3-4-23(27(26)33)37-42(40,41)25-13-17(30)12-20-19(25)2-5-24(20)39/h3-4,10-14,18,24,37,39H,2,5-9H2,1H3,(H,34,35,36). The van der Waals surface area contributed by atoms with Gasteiger partial charge in [0.15, 0.2) is 5.82 Å². The predicted molar refractivity (Wildman–Crippen MR) is 155 cm³/mol. The maximum Gasteiger partial charge on any atom is 0.262 e. The number of aromatic nitrogens is 2. The maximum absolute atomic E-state index is 15.8. The van der Waals surface area contributed by atoms with Crippen molar-refractivity contribution in [1.29, 1.82) is 0 Å². The first-order chi connectivity index (χ1) is 20.0. The van der Waals surface area contributed by atoms with Crippen molar-refractivity contribution in [2.24, 2.45) is 0 Å². The number of sulfonamides is 1. The van der Waals surface area contributed by atoms with Crippen LogP contribution in [0.5, 0.6) is 0 Å². The van der Waals surface area contributed by atoms with Crippen LogP contribution in [0.25, 0.3) is 22.0 Å². The quantitative estimate of drug-likeness (QED) is 0.257. The van der Waals surface area contributed by atoms with E-state index < -0.39 is 44.8 Å². The third-order valence-corrected chi connectivity index (χ3v) is 9.49. The van der Waals surface area contributed by atoms with Gasteiger partial charge in [0.2, 0.25) is 5.95 Å². The van der Waals surface area contributed by atoms with Crippen molar-refractivity contribution in [2.75, 3.05) is 30.2 Å². The SMILES string of the molecule is CN1CCC(Nc2ncc3cc(-c4c(F)ccc(NS(=O)(=O)c5cc(Cl)cc6c5CCC6O)c4F)cc(F)c3n2)CC1. The van der Waals surface area contributed by atoms with Crippen molar-refractivity contribution in [3.8, 4) is 11.1 Å². The van der Waals surface area contributed by atoms with Crippen LogP contribution in [0.3, 0.4) is 0 Å². The van der Waals surface area contributed by atoms with Crippen LogP contribution in [0.2, 0.25) is 5.02 Å². The Balaban J connectivity index is 1.32. The first-order valence-electron chi connectivity index (χ1n) is 13.4. The van der Waals surface area contributed by atoms with E-state index in [1.165, 1.54) is 24.4 Å². The van der Waals surface area contributed by atoms with Gasteiger partial charge in [-0.1, -0.05) is 11.6 Å². The molecule has 0 amide bonds. The number of benzene rings is 3. The van der Waals surface area contributed by atoms with Crippen molar-refractivity contribution in [1.82, 2.24) is 14.9 Å². The van der Waals surface area contributed by atoms with E-state index in [-0.39, 0.29) is 44.8 Å². The first-order valence-corrected chi connectivity index (χ1v) is 15.3. The van der Waals surface area contributed by atoms with E-state index in [4.69, 9.17) is 11.6 Å². The molecule has 1 aliphatic carbocycles. The Kier molecular flexibility index (Phi) is 7.50. The highest BCUT2D eigenvalue weighted by Crippen LogP contribution is 2.39. The van der Waals surface area contributed by atoms with Gasteiger partial charge in [-0.2, -0.15) is 0 Å². The predicted octanol–water partition coefficient (Wildman–Crippen LogP) is 5.65. The summed E-state index contributed by atoms with van der Waals surface area (Å²) < 4.78 is 74.9. The third-order valence-electron chi connectivity index (χ3n) is 7.84. The Bertz CT molecular complexity index is 1820. The molecule has 0 radical (unpaired) electrons. The molecule has 1 unspecified atom stereocenters. The van der Waals surface area contributed by atoms with Crippen molar-refractivity contribution in [2.45, 2.75) is 42.7 Å². The highest BCUT2D eigenvalue weighted by atomic mass is 35.5. The summed E-state index contributed by atoms with van der Waals surface area (Å²) in [7, 11) is -2.35. The molecule has 1 aromatic heterocycles. The molecule has 0 bridgehead atoms. The van der Waals surface area contributed by atoms with E-state index in [1.807, 2.05) is 7.05 Å². The molecule has 6 rings (SSSR count). The molecule has 1 aliphatic heterocycles. The van der Waals surface area contributed by atoms with Crippen LogP contribution >= 0.6 is 11.6 Å². The van der Waals surface area contributed by atoms with E-state index in [0.29, 0.717) is 17.5 Å². The molecule has 42 heavy (non-hydrogen) atoms. The summed E-state index contributed by atoms with van der Waals surface area (Å²) in [6.45, 7) is 1.83. The lowest BCUT2D eigenvalue weighted by Crippen LogP contribution is -2.37. The highest BCUT2D eigenvalue weighted by molar-refractivity contribution is 7.92. The van der Waals surface area contributed by atoms with Gasteiger partial charge in [0.25, 0.3) is 10.0 Å². The second-order valence-corrected chi connectivity index (χ2v) is 12.8. The third kappa shape index (κ3) is 5.39. The smallest absolute Gasteiger partial charge is 0.262 e. The summed E-state index contributed by atoms with van der Waals surface area (Å²) in [5, 5.41) is 13.7. The van der Waals surface area contributed by atoms with E-state index in [0.717, 1.165) is 44.1 Å². The van der Waals surface area contributed by atoms with Gasteiger partial charge in [0.05, 0.1) is 22.3 Å². The van der Waals surface area contributed by atoms with Gasteiger partial charge in [-0.15, -0.1) is 0 Å². The lowest BCUT2D eigenvalue weighted by atomic mass is 10.0. The van der Waals surface area contributed by atoms with Crippen molar-refractivity contribution in [3.63, 3.8) is 0 Å². The molecule has 13 heteroatoms. The molecule has 220 valence electrons. The van der Waals surface area contributed by atoms with Gasteiger partial charge in [-0.3, -0.25) is 4.72 Å². The summed E-state index contributed by atoms with van der Waals surface area (Å²) >= 11 is 6.11. The van der Waals surface area contributed by atoms with Crippen LogP contribution in [-0.2, 0) is 16.4 Å². The molecule has 8 nitrogen and oxygen atoms in total. The first kappa shape index (κ1) is 28.7.